The molecule has 14 nitrogen and oxygen atoms in total. The molecule has 2 aliphatic heterocycles. The highest BCUT2D eigenvalue weighted by molar-refractivity contribution is 6.24. The van der Waals surface area contributed by atoms with Crippen LogP contribution in [-0.4, -0.2) is 103 Å². The minimum Gasteiger partial charge on any atom is -0.490 e. The minimum absolute atomic E-state index is 0.0344. The van der Waals surface area contributed by atoms with Crippen LogP contribution < -0.4 is 15.4 Å². The van der Waals surface area contributed by atoms with E-state index in [1.54, 1.807) is 18.3 Å². The predicted octanol–water partition coefficient (Wildman–Crippen LogP) is 2.29. The van der Waals surface area contributed by atoms with Crippen molar-refractivity contribution >= 4 is 51.3 Å². The zero-order valence-corrected chi connectivity index (χ0v) is 26.8. The Labute approximate surface area is 281 Å². The topological polar surface area (TPSA) is 178 Å². The number of carbonyl (C=O) groups is 5. The van der Waals surface area contributed by atoms with Crippen LogP contribution >= 0.6 is 0 Å². The van der Waals surface area contributed by atoms with Crippen LogP contribution in [0.25, 0.3) is 21.8 Å². The van der Waals surface area contributed by atoms with E-state index in [1.807, 2.05) is 18.3 Å². The first-order valence-corrected chi connectivity index (χ1v) is 16.2. The molecule has 0 aliphatic carbocycles. The first kappa shape index (κ1) is 33.7. The number of carbonyl (C=O) groups excluding carboxylic acids is 5. The average molecular weight is 672 g/mol. The van der Waals surface area contributed by atoms with Crippen LogP contribution in [0.15, 0.2) is 54.9 Å². The first-order valence-electron chi connectivity index (χ1n) is 16.2. The third kappa shape index (κ3) is 7.94. The maximum atomic E-state index is 13.1. The normalized spacial score (nSPS) is 16.0. The summed E-state index contributed by atoms with van der Waals surface area (Å²) in [6, 6.07) is 11.8. The van der Waals surface area contributed by atoms with Crippen molar-refractivity contribution in [1.82, 2.24) is 25.5 Å². The highest BCUT2D eigenvalue weighted by Gasteiger charge is 2.46. The summed E-state index contributed by atoms with van der Waals surface area (Å²) < 4.78 is 22.3. The Kier molecular flexibility index (Phi) is 10.9. The minimum atomic E-state index is -1.04. The van der Waals surface area contributed by atoms with Gasteiger partial charge < -0.3 is 29.2 Å². The Bertz CT molecular complexity index is 1870. The summed E-state index contributed by atoms with van der Waals surface area (Å²) in [6.45, 7) is 2.54. The predicted molar refractivity (Wildman–Crippen MR) is 176 cm³/mol. The Morgan fingerprint density at radius 1 is 0.878 bits per heavy atom. The van der Waals surface area contributed by atoms with E-state index in [2.05, 4.69) is 32.7 Å². The van der Waals surface area contributed by atoms with Crippen LogP contribution in [0.5, 0.6) is 5.75 Å². The molecular formula is C35H37N5O9. The second-order valence-electron chi connectivity index (χ2n) is 11.6. The fourth-order valence-electron chi connectivity index (χ4n) is 5.91. The van der Waals surface area contributed by atoms with Gasteiger partial charge in [-0.1, -0.05) is 18.2 Å². The molecule has 49 heavy (non-hydrogen) atoms. The number of ether oxygens (including phenoxy) is 4. The van der Waals surface area contributed by atoms with Gasteiger partial charge in [0.1, 0.15) is 18.4 Å². The summed E-state index contributed by atoms with van der Waals surface area (Å²) in [6.07, 6.45) is 4.76. The number of benzene rings is 2. The standard InChI is InChI=1S/C35H37N5O9/c41-30(8-5-22-4-6-23-25-21-36-11-10-26(25)38-27(23)20-22)37-12-13-46-14-15-47-16-17-48-18-19-49-29-3-1-2-24-32(29)35(45)40(34(24)44)28-7-9-31(42)39-33(28)43/h1-4,6,10-11,20-21,28,38H,5,7-9,12-19H2,(H,37,41)(H,39,42,43). The molecule has 2 aliphatic rings. The smallest absolute Gasteiger partial charge is 0.266 e. The van der Waals surface area contributed by atoms with Crippen LogP contribution in [0.3, 0.4) is 0 Å². The summed E-state index contributed by atoms with van der Waals surface area (Å²) in [5.41, 5.74) is 3.40. The van der Waals surface area contributed by atoms with E-state index in [0.29, 0.717) is 52.4 Å². The third-order valence-corrected chi connectivity index (χ3v) is 8.33. The van der Waals surface area contributed by atoms with E-state index in [1.165, 1.54) is 6.07 Å². The maximum absolute atomic E-state index is 13.1. The van der Waals surface area contributed by atoms with Crippen LogP contribution in [-0.2, 0) is 35.0 Å². The zero-order valence-electron chi connectivity index (χ0n) is 26.8. The van der Waals surface area contributed by atoms with Crippen LogP contribution in [0, 0.1) is 0 Å². The van der Waals surface area contributed by atoms with E-state index >= 15 is 0 Å². The number of pyridine rings is 1. The molecule has 1 atom stereocenters. The number of hydrogen-bond acceptors (Lipinski definition) is 10. The highest BCUT2D eigenvalue weighted by atomic mass is 16.6. The number of fused-ring (bicyclic) bond motifs is 4. The molecule has 0 saturated carbocycles. The quantitative estimate of drug-likeness (QED) is 0.111. The monoisotopic (exact) mass is 671 g/mol. The van der Waals surface area contributed by atoms with E-state index < -0.39 is 29.7 Å². The fraction of sp³-hybridized carbons (Fsp3) is 0.371. The molecule has 1 fully saturated rings. The van der Waals surface area contributed by atoms with Crippen molar-refractivity contribution in [3.8, 4) is 5.75 Å². The number of aromatic amines is 1. The molecule has 2 aromatic carbocycles. The van der Waals surface area contributed by atoms with Gasteiger partial charge in [0.15, 0.2) is 0 Å². The number of piperidine rings is 1. The third-order valence-electron chi connectivity index (χ3n) is 8.33. The fourth-order valence-corrected chi connectivity index (χ4v) is 5.91. The zero-order chi connectivity index (χ0) is 34.2. The van der Waals surface area contributed by atoms with Gasteiger partial charge in [-0.3, -0.25) is 39.2 Å². The molecule has 4 aromatic rings. The molecule has 0 bridgehead atoms. The molecular weight excluding hydrogens is 634 g/mol. The number of amides is 5. The second kappa shape index (κ2) is 15.8. The summed E-state index contributed by atoms with van der Waals surface area (Å²) in [5.74, 6) is -2.13. The first-order chi connectivity index (χ1) is 23.9. The number of aromatic nitrogens is 2. The lowest BCUT2D eigenvalue weighted by atomic mass is 10.0. The van der Waals surface area contributed by atoms with Crippen molar-refractivity contribution < 1.29 is 42.9 Å². The SMILES string of the molecule is O=C(CCc1ccc2c(c1)[nH]c1ccncc12)NCCOCCOCCOCCOc1cccc2c1C(=O)N(C1CCC(=O)NC1=O)C2=O. The summed E-state index contributed by atoms with van der Waals surface area (Å²) in [5, 5.41) is 7.25. The van der Waals surface area contributed by atoms with Crippen molar-refractivity contribution in [2.75, 3.05) is 52.8 Å². The molecule has 2 aromatic heterocycles. The van der Waals surface area contributed by atoms with Crippen molar-refractivity contribution in [2.45, 2.75) is 31.7 Å². The number of aryl methyl sites for hydroxylation is 1. The molecule has 14 heteroatoms. The van der Waals surface area contributed by atoms with Gasteiger partial charge in [0, 0.05) is 53.6 Å². The van der Waals surface area contributed by atoms with E-state index in [4.69, 9.17) is 18.9 Å². The van der Waals surface area contributed by atoms with Crippen LogP contribution in [0.2, 0.25) is 0 Å². The number of H-pyrrole nitrogens is 1. The Balaban J connectivity index is 0.790. The molecule has 0 radical (unpaired) electrons. The van der Waals surface area contributed by atoms with E-state index in [9.17, 15) is 24.0 Å². The average Bonchev–Trinajstić information content (AvgIpc) is 3.59. The van der Waals surface area contributed by atoms with Crippen LogP contribution in [0.1, 0.15) is 45.5 Å². The van der Waals surface area contributed by atoms with Gasteiger partial charge in [0.2, 0.25) is 17.7 Å². The number of nitrogens with one attached hydrogen (secondary N) is 3. The lowest BCUT2D eigenvalue weighted by Gasteiger charge is -2.27. The largest absolute Gasteiger partial charge is 0.490 e. The second-order valence-corrected chi connectivity index (χ2v) is 11.6. The van der Waals surface area contributed by atoms with Gasteiger partial charge in [0.05, 0.1) is 50.8 Å². The summed E-state index contributed by atoms with van der Waals surface area (Å²) >= 11 is 0. The number of imide groups is 2. The van der Waals surface area contributed by atoms with Gasteiger partial charge in [-0.05, 0) is 42.7 Å². The van der Waals surface area contributed by atoms with Gasteiger partial charge in [0.25, 0.3) is 11.8 Å². The number of nitrogens with zero attached hydrogens (tertiary/aromatic N) is 2. The summed E-state index contributed by atoms with van der Waals surface area (Å²) in [7, 11) is 0. The maximum Gasteiger partial charge on any atom is 0.266 e. The van der Waals surface area contributed by atoms with Gasteiger partial charge in [-0.2, -0.15) is 0 Å². The van der Waals surface area contributed by atoms with E-state index in [0.717, 1.165) is 32.3 Å². The molecule has 0 spiro atoms. The number of rotatable bonds is 17. The Hall–Kier alpha value is -5.18. The van der Waals surface area contributed by atoms with Gasteiger partial charge in [-0.25, -0.2) is 0 Å². The molecule has 6 rings (SSSR count). The van der Waals surface area contributed by atoms with Crippen molar-refractivity contribution in [2.24, 2.45) is 0 Å². The van der Waals surface area contributed by atoms with Crippen LogP contribution in [0.4, 0.5) is 0 Å². The lowest BCUT2D eigenvalue weighted by molar-refractivity contribution is -0.136. The molecule has 256 valence electrons. The Morgan fingerprint density at radius 2 is 1.65 bits per heavy atom. The molecule has 1 saturated heterocycles. The summed E-state index contributed by atoms with van der Waals surface area (Å²) in [4.78, 5) is 70.6. The van der Waals surface area contributed by atoms with Crippen molar-refractivity contribution in [3.63, 3.8) is 0 Å². The van der Waals surface area contributed by atoms with Gasteiger partial charge >= 0.3 is 0 Å². The van der Waals surface area contributed by atoms with Gasteiger partial charge in [-0.15, -0.1) is 0 Å². The molecule has 3 N–H and O–H groups in total. The Morgan fingerprint density at radius 3 is 2.45 bits per heavy atom. The van der Waals surface area contributed by atoms with Crippen molar-refractivity contribution in [3.05, 3.63) is 71.5 Å². The lowest BCUT2D eigenvalue weighted by Crippen LogP contribution is -2.54. The van der Waals surface area contributed by atoms with E-state index in [-0.39, 0.29) is 48.8 Å². The molecule has 1 unspecified atom stereocenters. The molecule has 5 amide bonds. The molecule has 4 heterocycles. The number of hydrogen-bond donors (Lipinski definition) is 3. The van der Waals surface area contributed by atoms with Crippen molar-refractivity contribution in [1.29, 1.82) is 0 Å². The highest BCUT2D eigenvalue weighted by Crippen LogP contribution is 2.33.